The maximum absolute atomic E-state index is 13.7. The number of nitrogens with one attached hydrogen (secondary N) is 3. The van der Waals surface area contributed by atoms with Gasteiger partial charge in [-0.3, -0.25) is 9.18 Å². The lowest BCUT2D eigenvalue weighted by Gasteiger charge is -2.26. The fourth-order valence-corrected chi connectivity index (χ4v) is 4.93. The first-order valence-electron chi connectivity index (χ1n) is 13.5. The fraction of sp³-hybridized carbons (Fsp3) is 0.303. The van der Waals surface area contributed by atoms with Crippen LogP contribution in [0, 0.1) is 11.7 Å². The van der Waals surface area contributed by atoms with Gasteiger partial charge in [0.15, 0.2) is 0 Å². The summed E-state index contributed by atoms with van der Waals surface area (Å²) in [6.45, 7) is 9.46. The van der Waals surface area contributed by atoms with Crippen molar-refractivity contribution in [1.82, 2.24) is 10.6 Å². The molecular formula is C33H37F2N3O. The van der Waals surface area contributed by atoms with Gasteiger partial charge >= 0.3 is 0 Å². The number of aryl methyl sites for hydroxylation is 1. The molecule has 3 aromatic rings. The molecule has 1 aliphatic rings. The van der Waals surface area contributed by atoms with E-state index in [0.29, 0.717) is 30.9 Å². The van der Waals surface area contributed by atoms with Crippen LogP contribution in [0.3, 0.4) is 0 Å². The Balaban J connectivity index is 1.86. The summed E-state index contributed by atoms with van der Waals surface area (Å²) in [5.74, 6) is -0.00539. The van der Waals surface area contributed by atoms with Gasteiger partial charge in [0.1, 0.15) is 5.82 Å². The molecular weight excluding hydrogens is 492 g/mol. The minimum Gasteiger partial charge on any atom is -0.385 e. The lowest BCUT2D eigenvalue weighted by atomic mass is 9.80. The second-order valence-corrected chi connectivity index (χ2v) is 10.3. The predicted molar refractivity (Wildman–Crippen MR) is 158 cm³/mol. The maximum Gasteiger partial charge on any atom is 0.251 e. The molecule has 1 aliphatic carbocycles. The van der Waals surface area contributed by atoms with Crippen LogP contribution in [-0.2, 0) is 11.2 Å². The molecule has 0 unspecified atom stereocenters. The van der Waals surface area contributed by atoms with Crippen molar-refractivity contribution >= 4 is 28.4 Å². The number of likely N-dealkylation sites (N-methyl/N-ethyl adjacent to an activating group) is 1. The molecule has 0 spiro atoms. The van der Waals surface area contributed by atoms with Gasteiger partial charge in [0, 0.05) is 37.1 Å². The molecule has 0 fully saturated rings. The number of allylic oxidation sites excluding steroid dienone is 1. The van der Waals surface area contributed by atoms with Crippen molar-refractivity contribution in [3.8, 4) is 11.1 Å². The lowest BCUT2D eigenvalue weighted by Crippen LogP contribution is -2.23. The lowest BCUT2D eigenvalue weighted by molar-refractivity contribution is -0.115. The highest BCUT2D eigenvalue weighted by Gasteiger charge is 2.26. The first-order chi connectivity index (χ1) is 18.8. The average molecular weight is 530 g/mol. The quantitative estimate of drug-likeness (QED) is 0.233. The van der Waals surface area contributed by atoms with E-state index in [1.165, 1.54) is 12.1 Å². The number of amides is 1. The molecule has 0 aliphatic heterocycles. The third kappa shape index (κ3) is 6.56. The third-order valence-electron chi connectivity index (χ3n) is 6.98. The number of anilines is 1. The van der Waals surface area contributed by atoms with Gasteiger partial charge in [-0.1, -0.05) is 50.8 Å². The van der Waals surface area contributed by atoms with Crippen LogP contribution in [0.15, 0.2) is 67.2 Å². The van der Waals surface area contributed by atoms with E-state index in [2.05, 4.69) is 54.6 Å². The average Bonchev–Trinajstić information content (AvgIpc) is 2.95. The monoisotopic (exact) mass is 529 g/mol. The van der Waals surface area contributed by atoms with E-state index in [1.807, 2.05) is 18.2 Å². The standard InChI is InChI=1S/C33H37F2N3O/c1-21(2)20-38-22(3)24-7-5-8-25(17-24)29-19-30-26(18-31(29)37-16-6-15-34)11-14-28(32(30)33(39)36-4)23-9-12-27(35)13-10-23/h5,7-10,12-13,17-19,21,37-38H,3,6,11,14-16,20H2,1-2,4H3,(H,36,39). The van der Waals surface area contributed by atoms with Crippen LogP contribution in [0.2, 0.25) is 0 Å². The Labute approximate surface area is 230 Å². The molecule has 4 rings (SSSR count). The highest BCUT2D eigenvalue weighted by molar-refractivity contribution is 6.28. The molecule has 0 bridgehead atoms. The van der Waals surface area contributed by atoms with Gasteiger partial charge in [-0.05, 0) is 88.9 Å². The van der Waals surface area contributed by atoms with Gasteiger partial charge in [-0.15, -0.1) is 0 Å². The molecule has 0 radical (unpaired) electrons. The zero-order valence-corrected chi connectivity index (χ0v) is 23.0. The summed E-state index contributed by atoms with van der Waals surface area (Å²) in [6.07, 6.45) is 1.79. The number of rotatable bonds is 11. The van der Waals surface area contributed by atoms with E-state index in [-0.39, 0.29) is 11.7 Å². The van der Waals surface area contributed by atoms with Crippen LogP contribution in [-0.4, -0.2) is 32.7 Å². The molecule has 0 saturated carbocycles. The van der Waals surface area contributed by atoms with Gasteiger partial charge in [0.05, 0.1) is 12.2 Å². The van der Waals surface area contributed by atoms with E-state index < -0.39 is 6.67 Å². The predicted octanol–water partition coefficient (Wildman–Crippen LogP) is 7.08. The Morgan fingerprint density at radius 1 is 1.00 bits per heavy atom. The summed E-state index contributed by atoms with van der Waals surface area (Å²) < 4.78 is 26.6. The molecule has 3 N–H and O–H groups in total. The van der Waals surface area contributed by atoms with Crippen molar-refractivity contribution in [2.45, 2.75) is 33.1 Å². The SMILES string of the molecule is C=C(NCC(C)C)c1cccc(-c2cc3c(cc2NCCCF)CCC(c2ccc(F)cc2)=C3C(=O)NC)c1. The minimum atomic E-state index is -0.394. The highest BCUT2D eigenvalue weighted by Crippen LogP contribution is 2.42. The molecule has 204 valence electrons. The zero-order chi connectivity index (χ0) is 27.9. The number of hydrogen-bond acceptors (Lipinski definition) is 3. The summed E-state index contributed by atoms with van der Waals surface area (Å²) in [6, 6.07) is 18.6. The van der Waals surface area contributed by atoms with Gasteiger partial charge in [-0.2, -0.15) is 0 Å². The van der Waals surface area contributed by atoms with Crippen LogP contribution in [0.5, 0.6) is 0 Å². The van der Waals surface area contributed by atoms with Gasteiger partial charge < -0.3 is 16.0 Å². The van der Waals surface area contributed by atoms with Crippen molar-refractivity contribution < 1.29 is 13.6 Å². The van der Waals surface area contributed by atoms with Crippen LogP contribution < -0.4 is 16.0 Å². The third-order valence-corrected chi connectivity index (χ3v) is 6.98. The molecule has 0 saturated heterocycles. The van der Waals surface area contributed by atoms with Gasteiger partial charge in [-0.25, -0.2) is 4.39 Å². The smallest absolute Gasteiger partial charge is 0.251 e. The van der Waals surface area contributed by atoms with Crippen molar-refractivity contribution in [1.29, 1.82) is 0 Å². The number of benzene rings is 3. The van der Waals surface area contributed by atoms with Crippen molar-refractivity contribution in [3.63, 3.8) is 0 Å². The molecule has 0 atom stereocenters. The summed E-state index contributed by atoms with van der Waals surface area (Å²) >= 11 is 0. The Kier molecular flexibility index (Phi) is 9.18. The topological polar surface area (TPSA) is 53.2 Å². The molecule has 0 heterocycles. The van der Waals surface area contributed by atoms with Crippen LogP contribution in [0.4, 0.5) is 14.5 Å². The molecule has 6 heteroatoms. The van der Waals surface area contributed by atoms with Crippen molar-refractivity contribution in [3.05, 3.63) is 95.3 Å². The first-order valence-corrected chi connectivity index (χ1v) is 13.5. The highest BCUT2D eigenvalue weighted by atomic mass is 19.1. The largest absolute Gasteiger partial charge is 0.385 e. The molecule has 3 aromatic carbocycles. The first kappa shape index (κ1) is 28.1. The second kappa shape index (κ2) is 12.7. The number of carbonyl (C=O) groups is 1. The van der Waals surface area contributed by atoms with Crippen LogP contribution >= 0.6 is 0 Å². The van der Waals surface area contributed by atoms with Crippen LogP contribution in [0.25, 0.3) is 28.0 Å². The summed E-state index contributed by atoms with van der Waals surface area (Å²) in [4.78, 5) is 13.3. The number of hydrogen-bond donors (Lipinski definition) is 3. The Morgan fingerprint density at radius 3 is 2.46 bits per heavy atom. The maximum atomic E-state index is 13.7. The number of fused-ring (bicyclic) bond motifs is 1. The van der Waals surface area contributed by atoms with E-state index in [9.17, 15) is 13.6 Å². The van der Waals surface area contributed by atoms with Gasteiger partial charge in [0.2, 0.25) is 0 Å². The number of halogens is 2. The van der Waals surface area contributed by atoms with Crippen molar-refractivity contribution in [2.24, 2.45) is 5.92 Å². The van der Waals surface area contributed by atoms with Crippen molar-refractivity contribution in [2.75, 3.05) is 32.1 Å². The molecule has 39 heavy (non-hydrogen) atoms. The molecule has 1 amide bonds. The summed E-state index contributed by atoms with van der Waals surface area (Å²) in [5, 5.41) is 9.63. The van der Waals surface area contributed by atoms with Crippen LogP contribution in [0.1, 0.15) is 48.9 Å². The summed E-state index contributed by atoms with van der Waals surface area (Å²) in [5.41, 5.74) is 8.85. The van der Waals surface area contributed by atoms with E-state index in [0.717, 1.165) is 63.3 Å². The Hall–Kier alpha value is -3.93. The van der Waals surface area contributed by atoms with Gasteiger partial charge in [0.25, 0.3) is 5.91 Å². The zero-order valence-electron chi connectivity index (χ0n) is 23.0. The minimum absolute atomic E-state index is 0.181. The van der Waals surface area contributed by atoms with E-state index in [1.54, 1.807) is 19.2 Å². The van der Waals surface area contributed by atoms with E-state index in [4.69, 9.17) is 0 Å². The normalized spacial score (nSPS) is 12.8. The number of carbonyl (C=O) groups excluding carboxylic acids is 1. The fourth-order valence-electron chi connectivity index (χ4n) is 4.93. The second-order valence-electron chi connectivity index (χ2n) is 10.3. The number of alkyl halides is 1. The molecule has 0 aromatic heterocycles. The Morgan fingerprint density at radius 2 is 1.77 bits per heavy atom. The summed E-state index contributed by atoms with van der Waals surface area (Å²) in [7, 11) is 1.62. The Bertz CT molecular complexity index is 1380. The van der Waals surface area contributed by atoms with E-state index >= 15 is 0 Å². The molecule has 4 nitrogen and oxygen atoms in total.